The van der Waals surface area contributed by atoms with Gasteiger partial charge in [0, 0.05) is 31.1 Å². The van der Waals surface area contributed by atoms with Gasteiger partial charge in [0.1, 0.15) is 17.9 Å². The molecule has 0 aromatic heterocycles. The van der Waals surface area contributed by atoms with Crippen LogP contribution < -0.4 is 20.7 Å². The van der Waals surface area contributed by atoms with E-state index in [-0.39, 0.29) is 23.8 Å². The van der Waals surface area contributed by atoms with Gasteiger partial charge >= 0.3 is 12.5 Å². The van der Waals surface area contributed by atoms with E-state index in [4.69, 9.17) is 9.47 Å². The van der Waals surface area contributed by atoms with Gasteiger partial charge in [-0.3, -0.25) is 4.79 Å². The number of ether oxygens (including phenoxy) is 3. The number of hydrogen-bond acceptors (Lipinski definition) is 6. The van der Waals surface area contributed by atoms with Gasteiger partial charge in [-0.25, -0.2) is 4.79 Å². The molecule has 0 unspecified atom stereocenters. The average Bonchev–Trinajstić information content (AvgIpc) is 3.31. The molecule has 1 aromatic carbocycles. The van der Waals surface area contributed by atoms with Crippen molar-refractivity contribution in [2.75, 3.05) is 25.1 Å². The van der Waals surface area contributed by atoms with Gasteiger partial charge in [0.05, 0.1) is 13.2 Å². The Balaban J connectivity index is 1.48. The number of carbonyl (C=O) groups is 2. The number of halogens is 3. The van der Waals surface area contributed by atoms with Crippen molar-refractivity contribution < 1.29 is 37.0 Å². The first-order valence-electron chi connectivity index (χ1n) is 12.1. The summed E-state index contributed by atoms with van der Waals surface area (Å²) in [5.41, 5.74) is 0.585. The molecular weight excluding hydrogens is 467 g/mol. The molecule has 2 fully saturated rings. The van der Waals surface area contributed by atoms with E-state index in [2.05, 4.69) is 20.7 Å². The molecular formula is C24H34F3N3O5. The van der Waals surface area contributed by atoms with Crippen LogP contribution in [0.2, 0.25) is 0 Å². The Morgan fingerprint density at radius 3 is 2.34 bits per heavy atom. The highest BCUT2D eigenvalue weighted by Crippen LogP contribution is 2.29. The van der Waals surface area contributed by atoms with Crippen LogP contribution in [0.5, 0.6) is 5.75 Å². The predicted octanol–water partition coefficient (Wildman–Crippen LogP) is 4.36. The molecule has 2 amide bonds. The first-order valence-corrected chi connectivity index (χ1v) is 12.1. The van der Waals surface area contributed by atoms with Gasteiger partial charge in [-0.2, -0.15) is 0 Å². The van der Waals surface area contributed by atoms with E-state index in [0.717, 1.165) is 25.7 Å². The SMILES string of the molecule is C[C@@H](CNc1ccc(OC(F)(F)F)cc1)NC(=O)[C@H](CC1CCCC1)NC(=O)OC1CCOCC1. The third-order valence-electron chi connectivity index (χ3n) is 6.18. The highest BCUT2D eigenvalue weighted by Gasteiger charge is 2.31. The number of alkyl carbamates (subject to hydrolysis) is 1. The summed E-state index contributed by atoms with van der Waals surface area (Å²) in [5.74, 6) is -0.220. The van der Waals surface area contributed by atoms with Gasteiger partial charge in [0.15, 0.2) is 0 Å². The predicted molar refractivity (Wildman–Crippen MR) is 123 cm³/mol. The number of benzene rings is 1. The van der Waals surface area contributed by atoms with E-state index in [1.807, 2.05) is 0 Å². The standard InChI is InChI=1S/C24H34F3N3O5/c1-16(15-28-18-6-8-20(9-7-18)35-24(25,26)27)29-22(31)21(14-17-4-2-3-5-17)30-23(32)34-19-10-12-33-13-11-19/h6-9,16-17,19,21,28H,2-5,10-15H2,1H3,(H,29,31)(H,30,32)/t16-,21-/m0/s1. The molecule has 3 N–H and O–H groups in total. The lowest BCUT2D eigenvalue weighted by atomic mass is 9.97. The van der Waals surface area contributed by atoms with Crippen LogP contribution in [-0.2, 0) is 14.3 Å². The maximum absolute atomic E-state index is 13.0. The molecule has 1 aliphatic carbocycles. The Kier molecular flexibility index (Phi) is 9.88. The normalized spacial score (nSPS) is 19.0. The molecule has 2 aliphatic rings. The van der Waals surface area contributed by atoms with E-state index in [0.29, 0.717) is 50.6 Å². The van der Waals surface area contributed by atoms with Crippen LogP contribution in [0.15, 0.2) is 24.3 Å². The Bertz CT molecular complexity index is 810. The molecule has 35 heavy (non-hydrogen) atoms. The largest absolute Gasteiger partial charge is 0.573 e. The van der Waals surface area contributed by atoms with Gasteiger partial charge in [0.25, 0.3) is 0 Å². The number of anilines is 1. The van der Waals surface area contributed by atoms with Crippen molar-refractivity contribution in [3.05, 3.63) is 24.3 Å². The van der Waals surface area contributed by atoms with Crippen LogP contribution in [0.4, 0.5) is 23.7 Å². The molecule has 196 valence electrons. The zero-order chi connectivity index (χ0) is 25.3. The van der Waals surface area contributed by atoms with E-state index < -0.39 is 18.5 Å². The first-order chi connectivity index (χ1) is 16.7. The van der Waals surface area contributed by atoms with E-state index in [1.165, 1.54) is 24.3 Å². The molecule has 1 aromatic rings. The lowest BCUT2D eigenvalue weighted by Gasteiger charge is -2.26. The van der Waals surface area contributed by atoms with Crippen molar-refractivity contribution in [3.63, 3.8) is 0 Å². The van der Waals surface area contributed by atoms with E-state index in [9.17, 15) is 22.8 Å². The summed E-state index contributed by atoms with van der Waals surface area (Å²) in [6.07, 6.45) is 0.590. The molecule has 2 atom stereocenters. The second-order valence-electron chi connectivity index (χ2n) is 9.16. The lowest BCUT2D eigenvalue weighted by Crippen LogP contribution is -2.51. The molecule has 1 saturated carbocycles. The molecule has 0 spiro atoms. The molecule has 11 heteroatoms. The summed E-state index contributed by atoms with van der Waals surface area (Å²) in [5, 5.41) is 8.74. The highest BCUT2D eigenvalue weighted by molar-refractivity contribution is 5.85. The monoisotopic (exact) mass is 501 g/mol. The summed E-state index contributed by atoms with van der Waals surface area (Å²) in [4.78, 5) is 25.5. The maximum atomic E-state index is 13.0. The molecule has 8 nitrogen and oxygen atoms in total. The third kappa shape index (κ3) is 9.83. The minimum atomic E-state index is -4.74. The van der Waals surface area contributed by atoms with Crippen molar-refractivity contribution in [1.29, 1.82) is 0 Å². The molecule has 3 rings (SSSR count). The van der Waals surface area contributed by atoms with Crippen LogP contribution in [0, 0.1) is 5.92 Å². The van der Waals surface area contributed by atoms with Crippen molar-refractivity contribution >= 4 is 17.7 Å². The van der Waals surface area contributed by atoms with Crippen LogP contribution in [0.3, 0.4) is 0 Å². The molecule has 0 bridgehead atoms. The fourth-order valence-corrected chi connectivity index (χ4v) is 4.37. The van der Waals surface area contributed by atoms with Crippen LogP contribution in [0.25, 0.3) is 0 Å². The van der Waals surface area contributed by atoms with Gasteiger partial charge in [0.2, 0.25) is 5.91 Å². The summed E-state index contributed by atoms with van der Waals surface area (Å²) < 4.78 is 51.5. The van der Waals surface area contributed by atoms with Crippen molar-refractivity contribution in [1.82, 2.24) is 10.6 Å². The molecule has 1 aliphatic heterocycles. The lowest BCUT2D eigenvalue weighted by molar-refractivity contribution is -0.274. The molecule has 0 radical (unpaired) electrons. The van der Waals surface area contributed by atoms with Crippen LogP contribution >= 0.6 is 0 Å². The quantitative estimate of drug-likeness (QED) is 0.441. The Morgan fingerprint density at radius 2 is 1.71 bits per heavy atom. The van der Waals surface area contributed by atoms with Gasteiger partial charge in [-0.15, -0.1) is 13.2 Å². The number of nitrogens with one attached hydrogen (secondary N) is 3. The van der Waals surface area contributed by atoms with Crippen molar-refractivity contribution in [2.24, 2.45) is 5.92 Å². The average molecular weight is 502 g/mol. The molecule has 1 saturated heterocycles. The van der Waals surface area contributed by atoms with E-state index >= 15 is 0 Å². The maximum Gasteiger partial charge on any atom is 0.573 e. The number of alkyl halides is 3. The minimum Gasteiger partial charge on any atom is -0.446 e. The minimum absolute atomic E-state index is 0.213. The van der Waals surface area contributed by atoms with Gasteiger partial charge in [-0.05, 0) is 43.5 Å². The zero-order valence-electron chi connectivity index (χ0n) is 19.9. The van der Waals surface area contributed by atoms with Gasteiger partial charge in [-0.1, -0.05) is 25.7 Å². The third-order valence-corrected chi connectivity index (χ3v) is 6.18. The second kappa shape index (κ2) is 12.9. The fourth-order valence-electron chi connectivity index (χ4n) is 4.37. The smallest absolute Gasteiger partial charge is 0.446 e. The van der Waals surface area contributed by atoms with Crippen LogP contribution in [0.1, 0.15) is 51.9 Å². The van der Waals surface area contributed by atoms with Crippen LogP contribution in [-0.4, -0.2) is 56.3 Å². The van der Waals surface area contributed by atoms with Crippen molar-refractivity contribution in [2.45, 2.75) is 76.4 Å². The van der Waals surface area contributed by atoms with Crippen molar-refractivity contribution in [3.8, 4) is 5.75 Å². The topological polar surface area (TPSA) is 97.9 Å². The number of rotatable bonds is 10. The molecule has 1 heterocycles. The highest BCUT2D eigenvalue weighted by atomic mass is 19.4. The first kappa shape index (κ1) is 26.9. The Morgan fingerprint density at radius 1 is 1.06 bits per heavy atom. The summed E-state index contributed by atoms with van der Waals surface area (Å²) in [7, 11) is 0. The van der Waals surface area contributed by atoms with Gasteiger partial charge < -0.3 is 30.2 Å². The summed E-state index contributed by atoms with van der Waals surface area (Å²) >= 11 is 0. The second-order valence-corrected chi connectivity index (χ2v) is 9.16. The Labute approximate surface area is 203 Å². The number of hydrogen-bond donors (Lipinski definition) is 3. The Hall–Kier alpha value is -2.69. The number of amides is 2. The van der Waals surface area contributed by atoms with E-state index in [1.54, 1.807) is 6.92 Å². The zero-order valence-corrected chi connectivity index (χ0v) is 19.9. The summed E-state index contributed by atoms with van der Waals surface area (Å²) in [6.45, 7) is 3.24. The fraction of sp³-hybridized carbons (Fsp3) is 0.667. The summed E-state index contributed by atoms with van der Waals surface area (Å²) in [6, 6.07) is 4.35. The number of carbonyl (C=O) groups excluding carboxylic acids is 2.